The van der Waals surface area contributed by atoms with Gasteiger partial charge in [-0.2, -0.15) is 0 Å². The molecule has 0 radical (unpaired) electrons. The Morgan fingerprint density at radius 2 is 2.26 bits per heavy atom. The summed E-state index contributed by atoms with van der Waals surface area (Å²) in [6.07, 6.45) is 8.00. The Morgan fingerprint density at radius 3 is 2.95 bits per heavy atom. The second-order valence-corrected chi connectivity index (χ2v) is 5.69. The maximum atomic E-state index is 10.7. The molecule has 1 saturated carbocycles. The number of aliphatic hydroxyl groups excluding tert-OH is 1. The molecule has 2 aliphatic heterocycles. The molecule has 1 aromatic rings. The minimum absolute atomic E-state index is 0.0413. The molecule has 4 rings (SSSR count). The van der Waals surface area contributed by atoms with Crippen LogP contribution in [0.2, 0.25) is 0 Å². The molecule has 0 aromatic carbocycles. The molecule has 1 aromatic heterocycles. The van der Waals surface area contributed by atoms with Gasteiger partial charge in [-0.05, 0) is 12.8 Å². The van der Waals surface area contributed by atoms with Gasteiger partial charge in [0.15, 0.2) is 6.29 Å². The van der Waals surface area contributed by atoms with Crippen molar-refractivity contribution in [1.29, 1.82) is 0 Å². The molecular weight excluding hydrogens is 246 g/mol. The summed E-state index contributed by atoms with van der Waals surface area (Å²) < 4.78 is 13.5. The van der Waals surface area contributed by atoms with E-state index < -0.39 is 6.10 Å². The van der Waals surface area contributed by atoms with E-state index in [-0.39, 0.29) is 24.5 Å². The van der Waals surface area contributed by atoms with E-state index in [0.717, 1.165) is 0 Å². The van der Waals surface area contributed by atoms with E-state index in [4.69, 9.17) is 9.47 Å². The monoisotopic (exact) mass is 265 g/mol. The van der Waals surface area contributed by atoms with Gasteiger partial charge in [-0.25, -0.2) is 4.98 Å². The molecule has 6 nitrogen and oxygen atoms in total. The average molecular weight is 265 g/mol. The molecule has 0 spiro atoms. The Labute approximate surface area is 111 Å². The highest BCUT2D eigenvalue weighted by Gasteiger charge is 2.51. The van der Waals surface area contributed by atoms with Gasteiger partial charge >= 0.3 is 0 Å². The third-order valence-corrected chi connectivity index (χ3v) is 4.53. The lowest BCUT2D eigenvalue weighted by Gasteiger charge is -2.42. The van der Waals surface area contributed by atoms with Crippen LogP contribution in [0.3, 0.4) is 0 Å². The van der Waals surface area contributed by atoms with Crippen LogP contribution < -0.4 is 5.32 Å². The SMILES string of the molecule is O[C@H]1[C@H](NC2CCC2)[C@H]2CO[C@H](O2)[C@@H]1n1ccnc1. The summed E-state index contributed by atoms with van der Waals surface area (Å²) in [6.45, 7) is 0.553. The number of rotatable bonds is 3. The van der Waals surface area contributed by atoms with Crippen molar-refractivity contribution in [3.63, 3.8) is 0 Å². The molecule has 104 valence electrons. The predicted molar refractivity (Wildman–Crippen MR) is 66.4 cm³/mol. The number of hydrogen-bond donors (Lipinski definition) is 2. The lowest BCUT2D eigenvalue weighted by Crippen LogP contribution is -2.60. The van der Waals surface area contributed by atoms with E-state index in [1.807, 2.05) is 10.8 Å². The van der Waals surface area contributed by atoms with E-state index in [1.165, 1.54) is 19.3 Å². The molecule has 3 heterocycles. The fraction of sp³-hybridized carbons (Fsp3) is 0.769. The van der Waals surface area contributed by atoms with Crippen LogP contribution in [0.25, 0.3) is 0 Å². The quantitative estimate of drug-likeness (QED) is 0.808. The van der Waals surface area contributed by atoms with E-state index in [9.17, 15) is 5.11 Å². The van der Waals surface area contributed by atoms with Gasteiger partial charge < -0.3 is 24.5 Å². The highest BCUT2D eigenvalue weighted by Crippen LogP contribution is 2.36. The van der Waals surface area contributed by atoms with Crippen molar-refractivity contribution >= 4 is 0 Å². The molecule has 0 unspecified atom stereocenters. The third-order valence-electron chi connectivity index (χ3n) is 4.53. The lowest BCUT2D eigenvalue weighted by atomic mass is 9.89. The van der Waals surface area contributed by atoms with E-state index in [2.05, 4.69) is 10.3 Å². The van der Waals surface area contributed by atoms with E-state index in [0.29, 0.717) is 12.6 Å². The Balaban J connectivity index is 1.57. The molecule has 2 bridgehead atoms. The molecule has 3 fully saturated rings. The normalized spacial score (nSPS) is 42.3. The van der Waals surface area contributed by atoms with Gasteiger partial charge in [-0.1, -0.05) is 6.42 Å². The van der Waals surface area contributed by atoms with Gasteiger partial charge in [-0.15, -0.1) is 0 Å². The maximum absolute atomic E-state index is 10.7. The van der Waals surface area contributed by atoms with Crippen molar-refractivity contribution in [3.05, 3.63) is 18.7 Å². The van der Waals surface area contributed by atoms with Crippen LogP contribution in [0.5, 0.6) is 0 Å². The number of imidazole rings is 1. The molecule has 5 atom stereocenters. The zero-order valence-electron chi connectivity index (χ0n) is 10.7. The summed E-state index contributed by atoms with van der Waals surface area (Å²) in [5, 5.41) is 14.2. The number of hydrogen-bond acceptors (Lipinski definition) is 5. The second kappa shape index (κ2) is 4.56. The Bertz CT molecular complexity index is 434. The van der Waals surface area contributed by atoms with Crippen molar-refractivity contribution in [2.75, 3.05) is 6.61 Å². The Hall–Kier alpha value is -0.950. The number of ether oxygens (including phenoxy) is 2. The second-order valence-electron chi connectivity index (χ2n) is 5.69. The summed E-state index contributed by atoms with van der Waals surface area (Å²) in [5.41, 5.74) is 0. The zero-order valence-corrected chi connectivity index (χ0v) is 10.7. The molecule has 3 aliphatic rings. The first kappa shape index (κ1) is 11.8. The van der Waals surface area contributed by atoms with Crippen LogP contribution in [0.4, 0.5) is 0 Å². The van der Waals surface area contributed by atoms with E-state index in [1.54, 1.807) is 12.5 Å². The minimum atomic E-state index is -0.513. The molecule has 6 heteroatoms. The van der Waals surface area contributed by atoms with Crippen LogP contribution >= 0.6 is 0 Å². The first-order chi connectivity index (χ1) is 9.33. The van der Waals surface area contributed by atoms with Crippen molar-refractivity contribution in [2.24, 2.45) is 0 Å². The van der Waals surface area contributed by atoms with Crippen molar-refractivity contribution < 1.29 is 14.6 Å². The summed E-state index contributed by atoms with van der Waals surface area (Å²) in [4.78, 5) is 4.05. The van der Waals surface area contributed by atoms with Crippen molar-refractivity contribution in [3.8, 4) is 0 Å². The fourth-order valence-corrected chi connectivity index (χ4v) is 3.22. The molecule has 0 amide bonds. The van der Waals surface area contributed by atoms with Crippen molar-refractivity contribution in [1.82, 2.24) is 14.9 Å². The maximum Gasteiger partial charge on any atom is 0.181 e. The lowest BCUT2D eigenvalue weighted by molar-refractivity contribution is -0.167. The first-order valence-electron chi connectivity index (χ1n) is 7.01. The summed E-state index contributed by atoms with van der Waals surface area (Å²) in [6, 6.07) is 0.235. The number of nitrogens with zero attached hydrogens (tertiary/aromatic N) is 2. The van der Waals surface area contributed by atoms with Crippen LogP contribution in [-0.4, -0.2) is 51.8 Å². The Morgan fingerprint density at radius 1 is 1.37 bits per heavy atom. The number of aromatic nitrogens is 2. The van der Waals surface area contributed by atoms with Gasteiger partial charge in [0.2, 0.25) is 0 Å². The summed E-state index contributed by atoms with van der Waals surface area (Å²) >= 11 is 0. The smallest absolute Gasteiger partial charge is 0.181 e. The molecular formula is C13H19N3O3. The van der Waals surface area contributed by atoms with Crippen LogP contribution in [-0.2, 0) is 9.47 Å². The predicted octanol–water partition coefficient (Wildman–Crippen LogP) is 0.0509. The largest absolute Gasteiger partial charge is 0.389 e. The highest BCUT2D eigenvalue weighted by atomic mass is 16.7. The summed E-state index contributed by atoms with van der Waals surface area (Å²) in [5.74, 6) is 0. The van der Waals surface area contributed by atoms with Gasteiger partial charge in [0.1, 0.15) is 12.1 Å². The first-order valence-corrected chi connectivity index (χ1v) is 7.01. The molecule has 19 heavy (non-hydrogen) atoms. The third kappa shape index (κ3) is 1.90. The number of aliphatic hydroxyl groups is 1. The zero-order chi connectivity index (χ0) is 12.8. The standard InChI is InChI=1S/C13H19N3O3/c17-12-10(15-8-2-1-3-8)9-6-18-13(19-9)11(12)16-5-4-14-7-16/h4-5,7-13,15,17H,1-3,6H2/t9-,10-,11-,12+,13-/m1/s1. The fourth-order valence-electron chi connectivity index (χ4n) is 3.22. The number of nitrogens with one attached hydrogen (secondary N) is 1. The highest BCUT2D eigenvalue weighted by molar-refractivity contribution is 5.02. The topological polar surface area (TPSA) is 68.5 Å². The minimum Gasteiger partial charge on any atom is -0.389 e. The van der Waals surface area contributed by atoms with Crippen LogP contribution in [0.1, 0.15) is 25.3 Å². The molecule has 2 saturated heterocycles. The average Bonchev–Trinajstić information content (AvgIpc) is 2.98. The number of fused-ring (bicyclic) bond motifs is 2. The van der Waals surface area contributed by atoms with Gasteiger partial charge in [-0.3, -0.25) is 0 Å². The van der Waals surface area contributed by atoms with Gasteiger partial charge in [0.05, 0.1) is 25.1 Å². The van der Waals surface area contributed by atoms with Gasteiger partial charge in [0.25, 0.3) is 0 Å². The van der Waals surface area contributed by atoms with Gasteiger partial charge in [0, 0.05) is 18.4 Å². The molecule has 2 N–H and O–H groups in total. The molecule has 1 aliphatic carbocycles. The van der Waals surface area contributed by atoms with E-state index >= 15 is 0 Å². The van der Waals surface area contributed by atoms with Crippen LogP contribution in [0, 0.1) is 0 Å². The Kier molecular flexibility index (Phi) is 2.84. The summed E-state index contributed by atoms with van der Waals surface area (Å²) in [7, 11) is 0. The van der Waals surface area contributed by atoms with Crippen molar-refractivity contribution in [2.45, 2.75) is 55.9 Å². The van der Waals surface area contributed by atoms with Crippen LogP contribution in [0.15, 0.2) is 18.7 Å².